The number of rotatable bonds is 2. The van der Waals surface area contributed by atoms with Crippen molar-refractivity contribution in [2.45, 2.75) is 39.4 Å². The van der Waals surface area contributed by atoms with Crippen LogP contribution in [0.15, 0.2) is 0 Å². The minimum atomic E-state index is -0.581. The Labute approximate surface area is 68.6 Å². The quantitative estimate of drug-likeness (QED) is 0.596. The Morgan fingerprint density at radius 2 is 2.18 bits per heavy atom. The van der Waals surface area contributed by atoms with E-state index in [9.17, 15) is 4.39 Å². The highest BCUT2D eigenvalue weighted by molar-refractivity contribution is 4.86. The minimum absolute atomic E-state index is 0.481. The molecule has 1 rings (SSSR count). The molecule has 1 heterocycles. The summed E-state index contributed by atoms with van der Waals surface area (Å²) in [5, 5.41) is 0. The Bertz CT molecular complexity index is 125. The normalized spacial score (nSPS) is 33.5. The number of hydrogen-bond acceptors (Lipinski definition) is 1. The van der Waals surface area contributed by atoms with E-state index in [1.807, 2.05) is 0 Å². The smallest absolute Gasteiger partial charge is 0.114 e. The standard InChI is InChI=1S/C9H18FN/c1-4-11-6-8(10)5-9(11)7(2)3/h7-9H,4-6H2,1-3H3. The molecule has 66 valence electrons. The molecule has 0 N–H and O–H groups in total. The van der Waals surface area contributed by atoms with Gasteiger partial charge in [-0.3, -0.25) is 4.90 Å². The molecule has 2 heteroatoms. The number of likely N-dealkylation sites (tertiary alicyclic amines) is 1. The summed E-state index contributed by atoms with van der Waals surface area (Å²) in [5.74, 6) is 0.593. The van der Waals surface area contributed by atoms with Crippen LogP contribution in [0.1, 0.15) is 27.2 Å². The third kappa shape index (κ3) is 1.92. The van der Waals surface area contributed by atoms with Crippen LogP contribution in [-0.2, 0) is 0 Å². The van der Waals surface area contributed by atoms with E-state index in [0.717, 1.165) is 13.0 Å². The van der Waals surface area contributed by atoms with Crippen molar-refractivity contribution in [2.75, 3.05) is 13.1 Å². The topological polar surface area (TPSA) is 3.24 Å². The van der Waals surface area contributed by atoms with Gasteiger partial charge in [0.1, 0.15) is 6.17 Å². The molecule has 0 aliphatic carbocycles. The zero-order chi connectivity index (χ0) is 8.43. The second-order valence-corrected chi connectivity index (χ2v) is 3.73. The van der Waals surface area contributed by atoms with E-state index < -0.39 is 6.17 Å². The highest BCUT2D eigenvalue weighted by Crippen LogP contribution is 2.25. The summed E-state index contributed by atoms with van der Waals surface area (Å²) in [4.78, 5) is 2.25. The van der Waals surface area contributed by atoms with E-state index in [4.69, 9.17) is 0 Å². The fourth-order valence-corrected chi connectivity index (χ4v) is 1.93. The van der Waals surface area contributed by atoms with Crippen LogP contribution in [0, 0.1) is 5.92 Å². The molecule has 1 nitrogen and oxygen atoms in total. The van der Waals surface area contributed by atoms with Gasteiger partial charge < -0.3 is 0 Å². The molecule has 0 saturated carbocycles. The van der Waals surface area contributed by atoms with Crippen molar-refractivity contribution in [3.8, 4) is 0 Å². The van der Waals surface area contributed by atoms with Crippen LogP contribution in [-0.4, -0.2) is 30.2 Å². The molecule has 1 aliphatic heterocycles. The first kappa shape index (κ1) is 8.98. The molecule has 2 unspecified atom stereocenters. The summed E-state index contributed by atoms with van der Waals surface area (Å²) in [6, 6.07) is 0.481. The monoisotopic (exact) mass is 159 g/mol. The summed E-state index contributed by atoms with van der Waals surface area (Å²) in [6.45, 7) is 8.09. The van der Waals surface area contributed by atoms with Crippen LogP contribution in [0.25, 0.3) is 0 Å². The fourth-order valence-electron chi connectivity index (χ4n) is 1.93. The molecule has 0 aromatic heterocycles. The summed E-state index contributed by atoms with van der Waals surface area (Å²) < 4.78 is 12.9. The number of hydrogen-bond donors (Lipinski definition) is 0. The Morgan fingerprint density at radius 1 is 1.55 bits per heavy atom. The maximum absolute atomic E-state index is 12.9. The molecule has 0 aromatic carbocycles. The largest absolute Gasteiger partial charge is 0.297 e. The van der Waals surface area contributed by atoms with Crippen molar-refractivity contribution in [3.63, 3.8) is 0 Å². The second-order valence-electron chi connectivity index (χ2n) is 3.73. The molecule has 0 aromatic rings. The SMILES string of the molecule is CCN1CC(F)CC1C(C)C. The maximum Gasteiger partial charge on any atom is 0.114 e. The van der Waals surface area contributed by atoms with Gasteiger partial charge in [0, 0.05) is 12.6 Å². The van der Waals surface area contributed by atoms with Gasteiger partial charge in [-0.2, -0.15) is 0 Å². The fraction of sp³-hybridized carbons (Fsp3) is 1.00. The average molecular weight is 159 g/mol. The Morgan fingerprint density at radius 3 is 2.55 bits per heavy atom. The van der Waals surface area contributed by atoms with Gasteiger partial charge in [-0.1, -0.05) is 20.8 Å². The first-order valence-corrected chi connectivity index (χ1v) is 4.53. The van der Waals surface area contributed by atoms with Gasteiger partial charge in [-0.25, -0.2) is 4.39 Å². The first-order valence-electron chi connectivity index (χ1n) is 4.53. The van der Waals surface area contributed by atoms with Crippen molar-refractivity contribution < 1.29 is 4.39 Å². The van der Waals surface area contributed by atoms with Crippen LogP contribution in [0.4, 0.5) is 4.39 Å². The highest BCUT2D eigenvalue weighted by Gasteiger charge is 2.32. The van der Waals surface area contributed by atoms with E-state index in [0.29, 0.717) is 18.5 Å². The lowest BCUT2D eigenvalue weighted by atomic mass is 10.0. The molecule has 1 aliphatic rings. The molecular weight excluding hydrogens is 141 g/mol. The van der Waals surface area contributed by atoms with Crippen molar-refractivity contribution in [1.82, 2.24) is 4.90 Å². The average Bonchev–Trinajstić information content (AvgIpc) is 2.30. The Hall–Kier alpha value is -0.110. The van der Waals surface area contributed by atoms with E-state index in [-0.39, 0.29) is 0 Å². The van der Waals surface area contributed by atoms with Crippen LogP contribution in [0.2, 0.25) is 0 Å². The molecule has 2 atom stereocenters. The van der Waals surface area contributed by atoms with Crippen LogP contribution in [0.5, 0.6) is 0 Å². The molecule has 0 spiro atoms. The van der Waals surface area contributed by atoms with Crippen molar-refractivity contribution in [1.29, 1.82) is 0 Å². The van der Waals surface area contributed by atoms with Gasteiger partial charge in [0.05, 0.1) is 0 Å². The van der Waals surface area contributed by atoms with E-state index in [1.54, 1.807) is 0 Å². The number of halogens is 1. The van der Waals surface area contributed by atoms with E-state index in [2.05, 4.69) is 25.7 Å². The van der Waals surface area contributed by atoms with Crippen molar-refractivity contribution in [3.05, 3.63) is 0 Å². The lowest BCUT2D eigenvalue weighted by Gasteiger charge is -2.25. The summed E-state index contributed by atoms with van der Waals surface area (Å²) in [7, 11) is 0. The molecule has 1 saturated heterocycles. The zero-order valence-electron chi connectivity index (χ0n) is 7.68. The minimum Gasteiger partial charge on any atom is -0.297 e. The van der Waals surface area contributed by atoms with Gasteiger partial charge in [0.25, 0.3) is 0 Å². The second kappa shape index (κ2) is 3.53. The summed E-state index contributed by atoms with van der Waals surface area (Å²) in [5.41, 5.74) is 0. The molecule has 0 radical (unpaired) electrons. The zero-order valence-corrected chi connectivity index (χ0v) is 7.68. The van der Waals surface area contributed by atoms with Crippen LogP contribution in [0.3, 0.4) is 0 Å². The van der Waals surface area contributed by atoms with Gasteiger partial charge in [-0.15, -0.1) is 0 Å². The maximum atomic E-state index is 12.9. The molecule has 11 heavy (non-hydrogen) atoms. The Kier molecular flexibility index (Phi) is 2.88. The van der Waals surface area contributed by atoms with Gasteiger partial charge in [-0.05, 0) is 18.9 Å². The summed E-state index contributed by atoms with van der Waals surface area (Å²) in [6.07, 6.45) is 0.160. The number of alkyl halides is 1. The van der Waals surface area contributed by atoms with Gasteiger partial charge in [0.2, 0.25) is 0 Å². The Balaban J connectivity index is 2.50. The third-order valence-electron chi connectivity index (χ3n) is 2.57. The van der Waals surface area contributed by atoms with Gasteiger partial charge in [0.15, 0.2) is 0 Å². The third-order valence-corrected chi connectivity index (χ3v) is 2.57. The van der Waals surface area contributed by atoms with Crippen LogP contribution >= 0.6 is 0 Å². The molecular formula is C9H18FN. The predicted molar refractivity (Wildman–Crippen MR) is 45.4 cm³/mol. The van der Waals surface area contributed by atoms with E-state index >= 15 is 0 Å². The predicted octanol–water partition coefficient (Wildman–Crippen LogP) is 2.07. The van der Waals surface area contributed by atoms with Gasteiger partial charge >= 0.3 is 0 Å². The van der Waals surface area contributed by atoms with E-state index in [1.165, 1.54) is 0 Å². The van der Waals surface area contributed by atoms with Crippen LogP contribution < -0.4 is 0 Å². The number of nitrogens with zero attached hydrogens (tertiary/aromatic N) is 1. The first-order chi connectivity index (χ1) is 5.15. The molecule has 0 bridgehead atoms. The van der Waals surface area contributed by atoms with Crippen molar-refractivity contribution in [2.24, 2.45) is 5.92 Å². The summed E-state index contributed by atoms with van der Waals surface area (Å²) >= 11 is 0. The van der Waals surface area contributed by atoms with Crippen molar-refractivity contribution >= 4 is 0 Å². The highest BCUT2D eigenvalue weighted by atomic mass is 19.1. The molecule has 0 amide bonds. The lowest BCUT2D eigenvalue weighted by Crippen LogP contribution is -2.33. The lowest BCUT2D eigenvalue weighted by molar-refractivity contribution is 0.214. The molecule has 1 fully saturated rings.